The largest absolute Gasteiger partial charge is 0.478 e. The monoisotopic (exact) mass is 503 g/mol. The number of ether oxygens (including phenoxy) is 2. The lowest BCUT2D eigenvalue weighted by atomic mass is 10.1. The average Bonchev–Trinajstić information content (AvgIpc) is 2.73. The van der Waals surface area contributed by atoms with E-state index < -0.39 is 10.0 Å². The summed E-state index contributed by atoms with van der Waals surface area (Å²) in [5.74, 6) is -0.0941. The molecule has 3 rings (SSSR count). The van der Waals surface area contributed by atoms with Crippen LogP contribution in [0.15, 0.2) is 47.4 Å². The van der Waals surface area contributed by atoms with E-state index in [2.05, 4.69) is 14.7 Å². The Bertz CT molecular complexity index is 1190. The van der Waals surface area contributed by atoms with E-state index >= 15 is 0 Å². The maximum absolute atomic E-state index is 12.7. The second-order valence-corrected chi connectivity index (χ2v) is 8.85. The number of sulfonamides is 1. The minimum atomic E-state index is -4.17. The molecule has 2 N–H and O–H groups in total. The average molecular weight is 505 g/mol. The number of aromatic nitrogens is 2. The van der Waals surface area contributed by atoms with Crippen LogP contribution in [-0.4, -0.2) is 37.2 Å². The number of hydrogen-bond acceptors (Lipinski definition) is 7. The topological polar surface area (TPSA) is 111 Å². The van der Waals surface area contributed by atoms with Gasteiger partial charge in [0.1, 0.15) is 10.6 Å². The summed E-state index contributed by atoms with van der Waals surface area (Å²) in [4.78, 5) is 7.86. The molecule has 0 bridgehead atoms. The molecule has 0 saturated carbocycles. The van der Waals surface area contributed by atoms with Gasteiger partial charge < -0.3 is 14.6 Å². The van der Waals surface area contributed by atoms with Crippen LogP contribution in [0, 0.1) is 0 Å². The number of methoxy groups -OCH3 is 1. The van der Waals surface area contributed by atoms with Gasteiger partial charge in [0.2, 0.25) is 5.82 Å². The second kappa shape index (κ2) is 9.88. The lowest BCUT2D eigenvalue weighted by Gasteiger charge is -2.14. The molecule has 12 heteroatoms. The molecule has 0 atom stereocenters. The van der Waals surface area contributed by atoms with Gasteiger partial charge in [-0.2, -0.15) is 4.98 Å². The van der Waals surface area contributed by atoms with Crippen LogP contribution < -0.4 is 14.2 Å². The number of rotatable bonds is 8. The maximum atomic E-state index is 12.7. The van der Waals surface area contributed by atoms with E-state index in [1.807, 2.05) is 0 Å². The van der Waals surface area contributed by atoms with Gasteiger partial charge >= 0.3 is 0 Å². The molecule has 0 amide bonds. The van der Waals surface area contributed by atoms with Gasteiger partial charge in [-0.25, -0.2) is 13.4 Å². The van der Waals surface area contributed by atoms with Gasteiger partial charge in [0.25, 0.3) is 21.8 Å². The second-order valence-electron chi connectivity index (χ2n) is 6.05. The maximum Gasteiger partial charge on any atom is 0.264 e. The number of aliphatic hydroxyl groups excluding tert-OH is 1. The molecule has 164 valence electrons. The fourth-order valence-electron chi connectivity index (χ4n) is 2.50. The molecule has 8 nitrogen and oxygen atoms in total. The Balaban J connectivity index is 1.89. The normalized spacial score (nSPS) is 11.3. The number of hydrogen-bond donors (Lipinski definition) is 2. The molecule has 1 aromatic heterocycles. The first-order valence-electron chi connectivity index (χ1n) is 8.71. The number of halogens is 3. The third kappa shape index (κ3) is 5.50. The van der Waals surface area contributed by atoms with E-state index in [4.69, 9.17) is 49.4 Å². The lowest BCUT2D eigenvalue weighted by Crippen LogP contribution is -2.16. The predicted molar refractivity (Wildman–Crippen MR) is 118 cm³/mol. The van der Waals surface area contributed by atoms with Crippen LogP contribution in [0.2, 0.25) is 15.2 Å². The van der Waals surface area contributed by atoms with Crippen LogP contribution in [0.5, 0.6) is 17.5 Å². The van der Waals surface area contributed by atoms with E-state index in [9.17, 15) is 8.42 Å². The van der Waals surface area contributed by atoms with Crippen molar-refractivity contribution in [3.8, 4) is 17.5 Å². The smallest absolute Gasteiger partial charge is 0.264 e. The van der Waals surface area contributed by atoms with Crippen molar-refractivity contribution in [2.75, 3.05) is 18.4 Å². The summed E-state index contributed by atoms with van der Waals surface area (Å²) in [6.45, 7) is 0.0342. The highest BCUT2D eigenvalue weighted by atomic mass is 35.5. The Labute approximate surface area is 193 Å². The third-order valence-electron chi connectivity index (χ3n) is 3.96. The van der Waals surface area contributed by atoms with E-state index in [0.717, 1.165) is 5.56 Å². The van der Waals surface area contributed by atoms with Crippen molar-refractivity contribution in [3.63, 3.8) is 0 Å². The first-order chi connectivity index (χ1) is 14.7. The predicted octanol–water partition coefficient (Wildman–Crippen LogP) is 4.57. The van der Waals surface area contributed by atoms with Crippen molar-refractivity contribution in [2.45, 2.75) is 11.3 Å². The third-order valence-corrected chi connectivity index (χ3v) is 6.52. The van der Waals surface area contributed by atoms with E-state index in [1.54, 1.807) is 24.3 Å². The van der Waals surface area contributed by atoms with E-state index in [1.165, 1.54) is 25.3 Å². The first kappa shape index (κ1) is 23.4. The number of anilines is 1. The fraction of sp³-hybridized carbons (Fsp3) is 0.158. The molecule has 2 aromatic carbocycles. The van der Waals surface area contributed by atoms with Crippen molar-refractivity contribution >= 4 is 50.6 Å². The molecular formula is C19H16Cl3N3O5S. The molecule has 0 aliphatic heterocycles. The zero-order valence-electron chi connectivity index (χ0n) is 16.0. The van der Waals surface area contributed by atoms with Gasteiger partial charge in [-0.1, -0.05) is 53.0 Å². The molecule has 0 aliphatic carbocycles. The van der Waals surface area contributed by atoms with Gasteiger partial charge in [0, 0.05) is 6.61 Å². The molecule has 3 aromatic rings. The summed E-state index contributed by atoms with van der Waals surface area (Å²) in [7, 11) is -2.88. The van der Waals surface area contributed by atoms with Crippen LogP contribution in [0.25, 0.3) is 0 Å². The van der Waals surface area contributed by atoms with Crippen molar-refractivity contribution in [3.05, 3.63) is 63.2 Å². The van der Waals surface area contributed by atoms with Gasteiger partial charge in [0.15, 0.2) is 5.15 Å². The fourth-order valence-corrected chi connectivity index (χ4v) is 4.43. The van der Waals surface area contributed by atoms with Crippen LogP contribution in [-0.2, 0) is 16.4 Å². The lowest BCUT2D eigenvalue weighted by molar-refractivity contribution is 0.299. The van der Waals surface area contributed by atoms with Gasteiger partial charge in [-0.15, -0.1) is 0 Å². The number of benzene rings is 2. The number of nitrogens with zero attached hydrogens (tertiary/aromatic N) is 2. The zero-order chi connectivity index (χ0) is 22.6. The summed E-state index contributed by atoms with van der Waals surface area (Å²) >= 11 is 18.1. The van der Waals surface area contributed by atoms with E-state index in [-0.39, 0.29) is 44.3 Å². The van der Waals surface area contributed by atoms with Crippen molar-refractivity contribution < 1.29 is 23.0 Å². The van der Waals surface area contributed by atoms with Crippen molar-refractivity contribution in [2.24, 2.45) is 0 Å². The Kier molecular flexibility index (Phi) is 7.45. The minimum Gasteiger partial charge on any atom is -0.478 e. The summed E-state index contributed by atoms with van der Waals surface area (Å²) in [5.41, 5.74) is 0.925. The number of aliphatic hydroxyl groups is 1. The quantitative estimate of drug-likeness (QED) is 0.462. The van der Waals surface area contributed by atoms with Crippen LogP contribution >= 0.6 is 34.8 Å². The zero-order valence-corrected chi connectivity index (χ0v) is 19.1. The Morgan fingerprint density at radius 1 is 1.03 bits per heavy atom. The molecule has 0 saturated heterocycles. The van der Waals surface area contributed by atoms with Crippen LogP contribution in [0.4, 0.5) is 5.82 Å². The summed E-state index contributed by atoms with van der Waals surface area (Å²) in [6.07, 6.45) is 0.514. The highest BCUT2D eigenvalue weighted by molar-refractivity contribution is 7.92. The number of nitrogens with one attached hydrogen (secondary N) is 1. The Morgan fingerprint density at radius 3 is 2.39 bits per heavy atom. The Morgan fingerprint density at radius 2 is 1.74 bits per heavy atom. The summed E-state index contributed by atoms with van der Waals surface area (Å²) < 4.78 is 38.5. The van der Waals surface area contributed by atoms with Gasteiger partial charge in [0.05, 0.1) is 17.2 Å². The molecular weight excluding hydrogens is 489 g/mol. The molecule has 1 heterocycles. The minimum absolute atomic E-state index is 0.0342. The first-order valence-corrected chi connectivity index (χ1v) is 11.3. The highest BCUT2D eigenvalue weighted by Crippen LogP contribution is 2.35. The van der Waals surface area contributed by atoms with Gasteiger partial charge in [-0.3, -0.25) is 4.72 Å². The van der Waals surface area contributed by atoms with Crippen LogP contribution in [0.3, 0.4) is 0 Å². The summed E-state index contributed by atoms with van der Waals surface area (Å²) in [5, 5.41) is 8.72. The molecule has 0 spiro atoms. The van der Waals surface area contributed by atoms with Crippen molar-refractivity contribution in [1.29, 1.82) is 0 Å². The molecule has 0 aliphatic rings. The Hall–Kier alpha value is -2.30. The molecule has 31 heavy (non-hydrogen) atoms. The van der Waals surface area contributed by atoms with Gasteiger partial charge in [-0.05, 0) is 36.2 Å². The SMILES string of the molecule is COc1nc(Oc2ccc(CCO)cc2)c(Cl)nc1NS(=O)(=O)c1cccc(Cl)c1Cl. The summed E-state index contributed by atoms with van der Waals surface area (Å²) in [6, 6.07) is 11.1. The molecule has 0 fully saturated rings. The van der Waals surface area contributed by atoms with Crippen molar-refractivity contribution in [1.82, 2.24) is 9.97 Å². The molecule has 0 unspecified atom stereocenters. The standard InChI is InChI=1S/C19H16Cl3N3O5S/c1-29-19-17(25-31(27,28)14-4-2-3-13(20)15(14)21)23-16(22)18(24-19)30-12-7-5-11(6-8-12)9-10-26/h2-8,26H,9-10H2,1H3,(H,23,25). The van der Waals surface area contributed by atoms with Crippen LogP contribution in [0.1, 0.15) is 5.56 Å². The molecule has 0 radical (unpaired) electrons. The highest BCUT2D eigenvalue weighted by Gasteiger charge is 2.24. The van der Waals surface area contributed by atoms with E-state index in [0.29, 0.717) is 12.2 Å².